The Balaban J connectivity index is 2.26. The number of ether oxygens (including phenoxy) is 2. The van der Waals surface area contributed by atoms with E-state index in [0.29, 0.717) is 18.6 Å². The normalized spacial score (nSPS) is 20.6. The highest BCUT2D eigenvalue weighted by Crippen LogP contribution is 2.46. The smallest absolute Gasteiger partial charge is 0.356 e. The van der Waals surface area contributed by atoms with E-state index in [0.717, 1.165) is 4.90 Å². The van der Waals surface area contributed by atoms with Crippen molar-refractivity contribution in [2.24, 2.45) is 5.41 Å². The first kappa shape index (κ1) is 17.3. The molecule has 1 saturated heterocycles. The second kappa shape index (κ2) is 7.00. The molecule has 23 heavy (non-hydrogen) atoms. The molecule has 2 unspecified atom stereocenters. The second-order valence-corrected chi connectivity index (χ2v) is 5.48. The molecular formula is C17H23NO5. The van der Waals surface area contributed by atoms with E-state index in [4.69, 9.17) is 9.47 Å². The molecule has 2 atom stereocenters. The fourth-order valence-electron chi connectivity index (χ4n) is 2.94. The zero-order valence-electron chi connectivity index (χ0n) is 13.7. The summed E-state index contributed by atoms with van der Waals surface area (Å²) in [5.41, 5.74) is -0.733. The van der Waals surface area contributed by atoms with Gasteiger partial charge in [0.2, 0.25) is 12.1 Å². The molecule has 126 valence electrons. The predicted molar refractivity (Wildman–Crippen MR) is 83.4 cm³/mol. The van der Waals surface area contributed by atoms with Crippen molar-refractivity contribution < 1.29 is 24.2 Å². The average molecular weight is 321 g/mol. The van der Waals surface area contributed by atoms with Crippen molar-refractivity contribution in [3.63, 3.8) is 0 Å². The van der Waals surface area contributed by atoms with Gasteiger partial charge in [-0.3, -0.25) is 9.69 Å². The summed E-state index contributed by atoms with van der Waals surface area (Å²) in [6.45, 7) is 5.57. The van der Waals surface area contributed by atoms with Crippen LogP contribution in [-0.2, 0) is 14.3 Å². The number of hydrogen-bond acceptors (Lipinski definition) is 5. The fourth-order valence-corrected chi connectivity index (χ4v) is 2.94. The molecule has 1 N–H and O–H groups in total. The van der Waals surface area contributed by atoms with Crippen LogP contribution in [-0.4, -0.2) is 40.9 Å². The molecule has 1 aliphatic rings. The molecular weight excluding hydrogens is 298 g/mol. The van der Waals surface area contributed by atoms with Crippen molar-refractivity contribution in [3.05, 3.63) is 30.3 Å². The summed E-state index contributed by atoms with van der Waals surface area (Å²) < 4.78 is 10.7. The van der Waals surface area contributed by atoms with Crippen molar-refractivity contribution in [1.29, 1.82) is 0 Å². The first-order chi connectivity index (χ1) is 11.0. The van der Waals surface area contributed by atoms with Crippen molar-refractivity contribution in [1.82, 2.24) is 4.90 Å². The van der Waals surface area contributed by atoms with Gasteiger partial charge in [0.05, 0.1) is 6.61 Å². The number of amides is 1. The first-order valence-corrected chi connectivity index (χ1v) is 7.91. The Kier molecular flexibility index (Phi) is 5.26. The number of likely N-dealkylation sites (tertiary alicyclic amines) is 1. The van der Waals surface area contributed by atoms with Gasteiger partial charge in [-0.2, -0.15) is 0 Å². The molecule has 0 aliphatic carbocycles. The molecule has 1 amide bonds. The summed E-state index contributed by atoms with van der Waals surface area (Å²) in [4.78, 5) is 25.4. The number of carbonyl (C=O) groups is 2. The largest absolute Gasteiger partial charge is 0.469 e. The molecule has 6 heteroatoms. The van der Waals surface area contributed by atoms with Crippen LogP contribution in [0.1, 0.15) is 33.6 Å². The number of para-hydroxylation sites is 1. The quantitative estimate of drug-likeness (QED) is 0.613. The maximum absolute atomic E-state index is 12.6. The maximum Gasteiger partial charge on any atom is 0.356 e. The molecule has 6 nitrogen and oxygen atoms in total. The minimum Gasteiger partial charge on any atom is -0.469 e. The van der Waals surface area contributed by atoms with Gasteiger partial charge in [-0.25, -0.2) is 4.79 Å². The topological polar surface area (TPSA) is 76.1 Å². The molecule has 0 radical (unpaired) electrons. The van der Waals surface area contributed by atoms with Crippen LogP contribution in [0, 0.1) is 5.41 Å². The Labute approximate surface area is 136 Å². The Bertz CT molecular complexity index is 555. The number of β-lactam (4-membered cyclic amide) rings is 1. The average Bonchev–Trinajstić information content (AvgIpc) is 2.57. The van der Waals surface area contributed by atoms with Gasteiger partial charge in [0.25, 0.3) is 0 Å². The molecule has 1 heterocycles. The van der Waals surface area contributed by atoms with E-state index >= 15 is 0 Å². The van der Waals surface area contributed by atoms with Gasteiger partial charge in [-0.05, 0) is 31.9 Å². The lowest BCUT2D eigenvalue weighted by Gasteiger charge is -2.55. The number of hydrogen-bond donors (Lipinski definition) is 1. The number of carbonyl (C=O) groups excluding carboxylic acids is 2. The van der Waals surface area contributed by atoms with Gasteiger partial charge in [0.1, 0.15) is 11.2 Å². The number of nitrogens with zero attached hydrogens (tertiary/aromatic N) is 1. The summed E-state index contributed by atoms with van der Waals surface area (Å²) in [5, 5.41) is 10.2. The maximum atomic E-state index is 12.6. The van der Waals surface area contributed by atoms with Gasteiger partial charge in [-0.15, -0.1) is 0 Å². The predicted octanol–water partition coefficient (Wildman–Crippen LogP) is 1.92. The third-order valence-corrected chi connectivity index (χ3v) is 4.40. The monoisotopic (exact) mass is 321 g/mol. The van der Waals surface area contributed by atoms with Crippen LogP contribution in [0.2, 0.25) is 0 Å². The van der Waals surface area contributed by atoms with E-state index in [1.807, 2.05) is 32.0 Å². The van der Waals surface area contributed by atoms with E-state index in [1.54, 1.807) is 19.1 Å². The van der Waals surface area contributed by atoms with Crippen LogP contribution < -0.4 is 4.74 Å². The van der Waals surface area contributed by atoms with Crippen LogP contribution >= 0.6 is 0 Å². The summed E-state index contributed by atoms with van der Waals surface area (Å²) in [6, 6.07) is 9.04. The molecule has 1 aliphatic heterocycles. The lowest BCUT2D eigenvalue weighted by atomic mass is 9.71. The third kappa shape index (κ3) is 2.91. The summed E-state index contributed by atoms with van der Waals surface area (Å²) in [6.07, 6.45) is -1.23. The summed E-state index contributed by atoms with van der Waals surface area (Å²) in [7, 11) is 0. The van der Waals surface area contributed by atoms with Gasteiger partial charge >= 0.3 is 5.97 Å². The van der Waals surface area contributed by atoms with E-state index in [1.165, 1.54) is 0 Å². The SMILES string of the molecule is CCOC(=O)C(O)N1C(=O)C(CC)(CC)C1Oc1ccccc1. The molecule has 1 aromatic rings. The van der Waals surface area contributed by atoms with Crippen molar-refractivity contribution in [2.75, 3.05) is 6.61 Å². The van der Waals surface area contributed by atoms with Crippen LogP contribution in [0.4, 0.5) is 0 Å². The Morgan fingerprint density at radius 3 is 2.39 bits per heavy atom. The van der Waals surface area contributed by atoms with Crippen LogP contribution in [0.25, 0.3) is 0 Å². The molecule has 0 saturated carbocycles. The molecule has 0 spiro atoms. The van der Waals surface area contributed by atoms with E-state index in [2.05, 4.69) is 0 Å². The van der Waals surface area contributed by atoms with Crippen molar-refractivity contribution in [2.45, 2.75) is 46.1 Å². The highest BCUT2D eigenvalue weighted by molar-refractivity contribution is 5.93. The van der Waals surface area contributed by atoms with Crippen molar-refractivity contribution >= 4 is 11.9 Å². The van der Waals surface area contributed by atoms with E-state index in [-0.39, 0.29) is 12.5 Å². The summed E-state index contributed by atoms with van der Waals surface area (Å²) >= 11 is 0. The van der Waals surface area contributed by atoms with Crippen molar-refractivity contribution in [3.8, 4) is 5.75 Å². The second-order valence-electron chi connectivity index (χ2n) is 5.48. The molecule has 2 rings (SSSR count). The zero-order valence-corrected chi connectivity index (χ0v) is 13.7. The molecule has 1 fully saturated rings. The first-order valence-electron chi connectivity index (χ1n) is 7.91. The van der Waals surface area contributed by atoms with Gasteiger partial charge in [-0.1, -0.05) is 32.0 Å². The lowest BCUT2D eigenvalue weighted by Crippen LogP contribution is -2.74. The highest BCUT2D eigenvalue weighted by Gasteiger charge is 2.63. The Morgan fingerprint density at radius 1 is 1.26 bits per heavy atom. The molecule has 0 aromatic heterocycles. The van der Waals surface area contributed by atoms with Gasteiger partial charge in [0.15, 0.2) is 6.23 Å². The highest BCUT2D eigenvalue weighted by atomic mass is 16.6. The third-order valence-electron chi connectivity index (χ3n) is 4.40. The number of esters is 1. The minimum absolute atomic E-state index is 0.134. The van der Waals surface area contributed by atoms with Crippen LogP contribution in [0.3, 0.4) is 0 Å². The number of benzene rings is 1. The van der Waals surface area contributed by atoms with Gasteiger partial charge in [0, 0.05) is 0 Å². The Hall–Kier alpha value is -2.08. The number of aliphatic hydroxyl groups excluding tert-OH is 1. The Morgan fingerprint density at radius 2 is 1.87 bits per heavy atom. The standard InChI is InChI=1S/C17H23NO5/c1-4-17(5-2)15(21)18(13(19)14(20)22-6-3)16(17)23-12-10-8-7-9-11-12/h7-11,13,16,19H,4-6H2,1-3H3. The lowest BCUT2D eigenvalue weighted by molar-refractivity contribution is -0.234. The van der Waals surface area contributed by atoms with E-state index < -0.39 is 23.8 Å². The van der Waals surface area contributed by atoms with Crippen LogP contribution in [0.15, 0.2) is 30.3 Å². The van der Waals surface area contributed by atoms with Gasteiger partial charge < -0.3 is 14.6 Å². The fraction of sp³-hybridized carbons (Fsp3) is 0.529. The zero-order chi connectivity index (χ0) is 17.0. The molecule has 0 bridgehead atoms. The number of rotatable bonds is 7. The van der Waals surface area contributed by atoms with E-state index in [9.17, 15) is 14.7 Å². The summed E-state index contributed by atoms with van der Waals surface area (Å²) in [5.74, 6) is -0.551. The minimum atomic E-state index is -1.65. The van der Waals surface area contributed by atoms with Crippen LogP contribution in [0.5, 0.6) is 5.75 Å². The number of aliphatic hydroxyl groups is 1. The molecule has 1 aromatic carbocycles.